The molecule has 9 heteroatoms. The van der Waals surface area contributed by atoms with Gasteiger partial charge in [0.05, 0.1) is 17.8 Å². The second-order valence-electron chi connectivity index (χ2n) is 10.6. The lowest BCUT2D eigenvalue weighted by Crippen LogP contribution is -2.52. The summed E-state index contributed by atoms with van der Waals surface area (Å²) in [5.41, 5.74) is 7.90. The third-order valence-electron chi connectivity index (χ3n) is 7.96. The average Bonchev–Trinajstić information content (AvgIpc) is 3.55. The lowest BCUT2D eigenvalue weighted by molar-refractivity contribution is 0.160. The fourth-order valence-corrected chi connectivity index (χ4v) is 6.01. The number of carbonyl (C=O) groups is 1. The molecule has 9 nitrogen and oxygen atoms in total. The Labute approximate surface area is 226 Å². The molecule has 3 aromatic heterocycles. The summed E-state index contributed by atoms with van der Waals surface area (Å²) in [4.78, 5) is 26.7. The zero-order chi connectivity index (χ0) is 26.3. The van der Waals surface area contributed by atoms with Crippen LogP contribution in [0, 0.1) is 6.92 Å². The molecule has 7 rings (SSSR count). The number of para-hydroxylation sites is 1. The minimum atomic E-state index is -0.00316. The lowest BCUT2D eigenvalue weighted by Gasteiger charge is -2.35. The molecule has 0 bridgehead atoms. The van der Waals surface area contributed by atoms with Gasteiger partial charge < -0.3 is 14.6 Å². The molecular weight excluding hydrogens is 490 g/mol. The number of benzene rings is 2. The zero-order valence-corrected chi connectivity index (χ0v) is 22.0. The summed E-state index contributed by atoms with van der Waals surface area (Å²) >= 11 is 0. The average molecular weight is 522 g/mol. The van der Waals surface area contributed by atoms with Crippen molar-refractivity contribution in [1.29, 1.82) is 0 Å². The third-order valence-corrected chi connectivity index (χ3v) is 7.96. The maximum absolute atomic E-state index is 13.4. The Bertz CT molecular complexity index is 1670. The summed E-state index contributed by atoms with van der Waals surface area (Å²) in [6.07, 6.45) is 4.70. The van der Waals surface area contributed by atoms with Gasteiger partial charge in [0.1, 0.15) is 5.52 Å². The molecule has 0 radical (unpaired) electrons. The van der Waals surface area contributed by atoms with Crippen LogP contribution in [0.3, 0.4) is 0 Å². The molecule has 0 aliphatic carbocycles. The Balaban J connectivity index is 1.03. The van der Waals surface area contributed by atoms with Crippen LogP contribution in [-0.2, 0) is 19.5 Å². The van der Waals surface area contributed by atoms with Crippen LogP contribution >= 0.6 is 0 Å². The van der Waals surface area contributed by atoms with E-state index < -0.39 is 0 Å². The molecule has 2 aliphatic heterocycles. The van der Waals surface area contributed by atoms with Gasteiger partial charge in [-0.15, -0.1) is 0 Å². The summed E-state index contributed by atoms with van der Waals surface area (Å²) in [6, 6.07) is 16.5. The Morgan fingerprint density at radius 2 is 2.08 bits per heavy atom. The van der Waals surface area contributed by atoms with Gasteiger partial charge in [0.2, 0.25) is 0 Å². The van der Waals surface area contributed by atoms with E-state index in [1.807, 2.05) is 42.3 Å². The van der Waals surface area contributed by atoms with E-state index >= 15 is 0 Å². The van der Waals surface area contributed by atoms with Crippen molar-refractivity contribution in [2.45, 2.75) is 45.3 Å². The van der Waals surface area contributed by atoms with Crippen LogP contribution in [0.4, 0.5) is 4.79 Å². The van der Waals surface area contributed by atoms with Crippen LogP contribution < -0.4 is 5.32 Å². The number of hydrogen-bond donors (Lipinski definition) is 2. The summed E-state index contributed by atoms with van der Waals surface area (Å²) in [5, 5.41) is 12.3. The molecule has 2 aliphatic rings. The molecule has 0 saturated carbocycles. The number of nitrogens with zero attached hydrogens (tertiary/aromatic N) is 5. The van der Waals surface area contributed by atoms with E-state index in [9.17, 15) is 4.79 Å². The van der Waals surface area contributed by atoms with Crippen molar-refractivity contribution in [1.82, 2.24) is 35.3 Å². The predicted molar refractivity (Wildman–Crippen MR) is 149 cm³/mol. The molecular formula is C30H31N7O2. The second kappa shape index (κ2) is 9.81. The van der Waals surface area contributed by atoms with Crippen LogP contribution in [0.25, 0.3) is 33.3 Å². The Morgan fingerprint density at radius 3 is 3.03 bits per heavy atom. The highest BCUT2D eigenvalue weighted by molar-refractivity contribution is 5.82. The summed E-state index contributed by atoms with van der Waals surface area (Å²) in [5.74, 6) is 0.643. The Kier molecular flexibility index (Phi) is 6.00. The van der Waals surface area contributed by atoms with Gasteiger partial charge in [0.25, 0.3) is 0 Å². The number of oxazole rings is 1. The fraction of sp³-hybridized carbons (Fsp3) is 0.333. The van der Waals surface area contributed by atoms with Crippen LogP contribution in [0.15, 0.2) is 59.1 Å². The van der Waals surface area contributed by atoms with Gasteiger partial charge in [-0.3, -0.25) is 15.0 Å². The summed E-state index contributed by atoms with van der Waals surface area (Å²) in [7, 11) is 0. The molecule has 198 valence electrons. The Hall–Kier alpha value is -4.24. The third kappa shape index (κ3) is 4.63. The van der Waals surface area contributed by atoms with Gasteiger partial charge in [-0.05, 0) is 55.3 Å². The highest BCUT2D eigenvalue weighted by atomic mass is 16.3. The van der Waals surface area contributed by atoms with E-state index in [2.05, 4.69) is 54.6 Å². The number of H-pyrrole nitrogens is 1. The van der Waals surface area contributed by atoms with Crippen molar-refractivity contribution in [3.05, 3.63) is 77.4 Å². The lowest BCUT2D eigenvalue weighted by atomic mass is 10.0. The number of piperidine rings is 1. The van der Waals surface area contributed by atoms with E-state index in [1.54, 1.807) is 0 Å². The van der Waals surface area contributed by atoms with Gasteiger partial charge >= 0.3 is 6.03 Å². The number of carbonyl (C=O) groups excluding carboxylic acids is 1. The highest BCUT2D eigenvalue weighted by Gasteiger charge is 2.29. The quantitative estimate of drug-likeness (QED) is 0.352. The molecule has 1 unspecified atom stereocenters. The van der Waals surface area contributed by atoms with Crippen LogP contribution in [-0.4, -0.2) is 61.7 Å². The maximum atomic E-state index is 13.4. The topological polar surface area (TPSA) is 103 Å². The fourth-order valence-electron chi connectivity index (χ4n) is 6.01. The standard InChI is InChI=1S/C30H31N7O2/c1-19-32-27-15-20(8-9-28(27)39-19)29-24-18-37(14-11-26(24)34-35-29)30(38)33-22-5-4-13-36(17-22)16-21-10-12-31-25-7-3-2-6-23(21)25/h2-3,6-10,12,15,22H,4-5,11,13-14,16-18H2,1H3,(H,33,38)(H,34,35). The number of aromatic amines is 1. The SMILES string of the molecule is Cc1nc2cc(-c3n[nH]c4c3CN(C(=O)NC3CCCN(Cc5ccnc6ccccc56)C3)CC4)ccc2o1. The Morgan fingerprint density at radius 1 is 1.15 bits per heavy atom. The van der Waals surface area contributed by atoms with Gasteiger partial charge in [-0.2, -0.15) is 5.10 Å². The first-order chi connectivity index (χ1) is 19.1. The largest absolute Gasteiger partial charge is 0.441 e. The molecule has 2 aromatic carbocycles. The van der Waals surface area contributed by atoms with Crippen molar-refractivity contribution in [2.24, 2.45) is 0 Å². The van der Waals surface area contributed by atoms with Crippen LogP contribution in [0.1, 0.15) is 35.6 Å². The summed E-state index contributed by atoms with van der Waals surface area (Å²) in [6.45, 7) is 5.78. The second-order valence-corrected chi connectivity index (χ2v) is 10.6. The molecule has 0 spiro atoms. The molecule has 5 heterocycles. The van der Waals surface area contributed by atoms with E-state index in [1.165, 1.54) is 10.9 Å². The first kappa shape index (κ1) is 23.8. The van der Waals surface area contributed by atoms with E-state index in [0.29, 0.717) is 19.0 Å². The highest BCUT2D eigenvalue weighted by Crippen LogP contribution is 2.31. The number of hydrogen-bond acceptors (Lipinski definition) is 6. The van der Waals surface area contributed by atoms with E-state index in [0.717, 1.165) is 78.0 Å². The van der Waals surface area contributed by atoms with Crippen molar-refractivity contribution in [2.75, 3.05) is 19.6 Å². The maximum Gasteiger partial charge on any atom is 0.317 e. The number of nitrogens with one attached hydrogen (secondary N) is 2. The van der Waals surface area contributed by atoms with E-state index in [4.69, 9.17) is 4.42 Å². The van der Waals surface area contributed by atoms with E-state index in [-0.39, 0.29) is 12.1 Å². The monoisotopic (exact) mass is 521 g/mol. The molecule has 1 fully saturated rings. The zero-order valence-electron chi connectivity index (χ0n) is 22.0. The number of aromatic nitrogens is 4. The van der Waals surface area contributed by atoms with Crippen molar-refractivity contribution in [3.8, 4) is 11.3 Å². The van der Waals surface area contributed by atoms with Crippen LogP contribution in [0.5, 0.6) is 0 Å². The van der Waals surface area contributed by atoms with Crippen molar-refractivity contribution < 1.29 is 9.21 Å². The number of fused-ring (bicyclic) bond motifs is 3. The molecule has 1 atom stereocenters. The smallest absolute Gasteiger partial charge is 0.317 e. The number of likely N-dealkylation sites (tertiary alicyclic amines) is 1. The van der Waals surface area contributed by atoms with Crippen LogP contribution in [0.2, 0.25) is 0 Å². The van der Waals surface area contributed by atoms with Gasteiger partial charge in [0, 0.05) is 67.4 Å². The number of aryl methyl sites for hydroxylation is 1. The first-order valence-corrected chi connectivity index (χ1v) is 13.6. The number of rotatable bonds is 4. The minimum absolute atomic E-state index is 0.00316. The first-order valence-electron chi connectivity index (χ1n) is 13.6. The van der Waals surface area contributed by atoms with Crippen molar-refractivity contribution >= 4 is 28.0 Å². The molecule has 2 amide bonds. The number of amides is 2. The van der Waals surface area contributed by atoms with Gasteiger partial charge in [-0.1, -0.05) is 18.2 Å². The summed E-state index contributed by atoms with van der Waals surface area (Å²) < 4.78 is 5.63. The molecule has 2 N–H and O–H groups in total. The normalized spacial score (nSPS) is 18.0. The van der Waals surface area contributed by atoms with Gasteiger partial charge in [0.15, 0.2) is 11.5 Å². The molecule has 1 saturated heterocycles. The predicted octanol–water partition coefficient (Wildman–Crippen LogP) is 4.81. The van der Waals surface area contributed by atoms with Gasteiger partial charge in [-0.25, -0.2) is 9.78 Å². The molecule has 39 heavy (non-hydrogen) atoms. The number of pyridine rings is 1. The molecule has 5 aromatic rings. The van der Waals surface area contributed by atoms with Crippen molar-refractivity contribution in [3.63, 3.8) is 0 Å². The number of urea groups is 1. The minimum Gasteiger partial charge on any atom is -0.441 e.